The lowest BCUT2D eigenvalue weighted by Gasteiger charge is -2.45. The summed E-state index contributed by atoms with van der Waals surface area (Å²) in [5.41, 5.74) is 4.42. The van der Waals surface area contributed by atoms with Crippen LogP contribution in [-0.4, -0.2) is 23.6 Å². The van der Waals surface area contributed by atoms with Gasteiger partial charge in [0.25, 0.3) is 0 Å². The van der Waals surface area contributed by atoms with Gasteiger partial charge in [-0.25, -0.2) is 9.99 Å². The number of hydrazine groups is 1. The highest BCUT2D eigenvalue weighted by atomic mass is 35.5. The fourth-order valence-electron chi connectivity index (χ4n) is 4.26. The molecule has 4 rings (SSSR count). The Kier molecular flexibility index (Phi) is 10.8. The van der Waals surface area contributed by atoms with E-state index in [1.807, 2.05) is 11.9 Å². The van der Waals surface area contributed by atoms with Crippen molar-refractivity contribution in [1.29, 1.82) is 0 Å². The molecule has 4 nitrogen and oxygen atoms in total. The van der Waals surface area contributed by atoms with E-state index in [2.05, 4.69) is 58.9 Å². The summed E-state index contributed by atoms with van der Waals surface area (Å²) in [6, 6.07) is 17.0. The van der Waals surface area contributed by atoms with E-state index in [1.54, 1.807) is 18.4 Å². The average Bonchev–Trinajstić information content (AvgIpc) is 3.17. The summed E-state index contributed by atoms with van der Waals surface area (Å²) in [4.78, 5) is 4.66. The molecule has 0 bridgehead atoms. The van der Waals surface area contributed by atoms with Gasteiger partial charge in [-0.05, 0) is 61.9 Å². The summed E-state index contributed by atoms with van der Waals surface area (Å²) in [6.45, 7) is 2.94. The van der Waals surface area contributed by atoms with Crippen LogP contribution in [0.2, 0.25) is 0 Å². The molecule has 0 saturated carbocycles. The van der Waals surface area contributed by atoms with E-state index in [0.717, 1.165) is 47.8 Å². The highest BCUT2D eigenvalue weighted by Crippen LogP contribution is 2.41. The highest BCUT2D eigenvalue weighted by molar-refractivity contribution is 7.13. The maximum atomic E-state index is 6.62. The lowest BCUT2D eigenvalue weighted by Crippen LogP contribution is -2.54. The first-order valence-electron chi connectivity index (χ1n) is 9.80. The third-order valence-electron chi connectivity index (χ3n) is 5.73. The number of nitrogens with two attached hydrogens (primary N) is 1. The minimum absolute atomic E-state index is 0. The van der Waals surface area contributed by atoms with Gasteiger partial charge in [-0.15, -0.1) is 48.6 Å². The first kappa shape index (κ1) is 27.7. The van der Waals surface area contributed by atoms with Gasteiger partial charge >= 0.3 is 0 Å². The summed E-state index contributed by atoms with van der Waals surface area (Å²) in [7, 11) is 1.74. The number of piperidine rings is 1. The van der Waals surface area contributed by atoms with Crippen molar-refractivity contribution >= 4 is 48.6 Å². The van der Waals surface area contributed by atoms with Gasteiger partial charge in [0.15, 0.2) is 0 Å². The number of nitrogens with zero attached hydrogens (tertiary/aromatic N) is 2. The molecule has 8 heteroatoms. The van der Waals surface area contributed by atoms with E-state index < -0.39 is 0 Å². The van der Waals surface area contributed by atoms with Gasteiger partial charge in [0, 0.05) is 23.2 Å². The molecule has 2 heterocycles. The molecule has 1 fully saturated rings. The van der Waals surface area contributed by atoms with E-state index >= 15 is 0 Å². The molecule has 0 spiro atoms. The molecular weight excluding hydrogens is 473 g/mol. The number of hydrogen-bond donors (Lipinski definition) is 1. The summed E-state index contributed by atoms with van der Waals surface area (Å²) in [5, 5.41) is 5.18. The molecule has 1 aromatic heterocycles. The lowest BCUT2D eigenvalue weighted by molar-refractivity contribution is 0.0421. The van der Waals surface area contributed by atoms with Gasteiger partial charge in [0.05, 0.1) is 12.6 Å². The minimum Gasteiger partial charge on any atom is -0.496 e. The van der Waals surface area contributed by atoms with Crippen LogP contribution in [0.1, 0.15) is 36.1 Å². The van der Waals surface area contributed by atoms with E-state index in [9.17, 15) is 0 Å². The van der Waals surface area contributed by atoms with Crippen molar-refractivity contribution in [2.75, 3.05) is 13.7 Å². The fraction of sp³-hybridized carbons (Fsp3) is 0.348. The standard InChI is InChI=1S/C23H27N3OS.3ClH/c1-17-16-28-22(25-17)18-10-11-21(27-2)19(14-18)15-23(12-6-7-13-26(23)24)20-8-4-3-5-9-20;;;/h3-5,8-11,14,16H,6-7,12-13,15,24H2,1-2H3;3*1H. The van der Waals surface area contributed by atoms with E-state index in [1.165, 1.54) is 17.5 Å². The SMILES string of the molecule is COc1ccc(-c2nc(C)cs2)cc1CC1(c2ccccc2)CCCCN1N.Cl.Cl.Cl. The number of methoxy groups -OCH3 is 1. The minimum atomic E-state index is -0.218. The summed E-state index contributed by atoms with van der Waals surface area (Å²) >= 11 is 1.68. The van der Waals surface area contributed by atoms with Crippen LogP contribution >= 0.6 is 48.6 Å². The second-order valence-electron chi connectivity index (χ2n) is 7.55. The largest absolute Gasteiger partial charge is 0.496 e. The van der Waals surface area contributed by atoms with Crippen LogP contribution in [0.4, 0.5) is 0 Å². The molecule has 1 unspecified atom stereocenters. The van der Waals surface area contributed by atoms with Crippen molar-refractivity contribution in [3.8, 4) is 16.3 Å². The van der Waals surface area contributed by atoms with Crippen LogP contribution in [0.15, 0.2) is 53.9 Å². The maximum Gasteiger partial charge on any atom is 0.123 e. The maximum absolute atomic E-state index is 6.62. The molecule has 1 aliphatic rings. The zero-order chi connectivity index (χ0) is 19.6. The number of thiazole rings is 1. The van der Waals surface area contributed by atoms with Gasteiger partial charge in [0.2, 0.25) is 0 Å². The lowest BCUT2D eigenvalue weighted by atomic mass is 9.76. The number of hydrogen-bond acceptors (Lipinski definition) is 5. The third kappa shape index (κ3) is 5.72. The molecule has 2 N–H and O–H groups in total. The van der Waals surface area contributed by atoms with Gasteiger partial charge in [-0.2, -0.15) is 0 Å². The molecule has 0 radical (unpaired) electrons. The number of benzene rings is 2. The predicted octanol–water partition coefficient (Wildman–Crippen LogP) is 6.19. The van der Waals surface area contributed by atoms with Crippen molar-refractivity contribution in [1.82, 2.24) is 9.99 Å². The molecule has 1 saturated heterocycles. The second-order valence-corrected chi connectivity index (χ2v) is 8.40. The molecule has 0 amide bonds. The molecule has 31 heavy (non-hydrogen) atoms. The average molecular weight is 503 g/mol. The zero-order valence-electron chi connectivity index (χ0n) is 17.7. The van der Waals surface area contributed by atoms with Gasteiger partial charge < -0.3 is 4.74 Å². The normalized spacial score (nSPS) is 18.3. The molecule has 2 aromatic carbocycles. The van der Waals surface area contributed by atoms with Crippen molar-refractivity contribution in [2.45, 2.75) is 38.1 Å². The summed E-state index contributed by atoms with van der Waals surface area (Å²) in [5.74, 6) is 7.53. The first-order chi connectivity index (χ1) is 13.6. The molecule has 0 aliphatic carbocycles. The number of rotatable bonds is 5. The van der Waals surface area contributed by atoms with Gasteiger partial charge in [-0.1, -0.05) is 30.3 Å². The van der Waals surface area contributed by atoms with Crippen LogP contribution in [0, 0.1) is 6.92 Å². The van der Waals surface area contributed by atoms with Crippen molar-refractivity contribution in [3.05, 3.63) is 70.7 Å². The number of aromatic nitrogens is 1. The Morgan fingerprint density at radius 1 is 1.10 bits per heavy atom. The molecular formula is C23H30Cl3N3OS. The van der Waals surface area contributed by atoms with Crippen LogP contribution in [0.25, 0.3) is 10.6 Å². The van der Waals surface area contributed by atoms with Crippen LogP contribution in [0.5, 0.6) is 5.75 Å². The third-order valence-corrected chi connectivity index (χ3v) is 6.74. The summed E-state index contributed by atoms with van der Waals surface area (Å²) in [6.07, 6.45) is 4.17. The zero-order valence-corrected chi connectivity index (χ0v) is 21.0. The first-order valence-corrected chi connectivity index (χ1v) is 10.7. The van der Waals surface area contributed by atoms with Crippen molar-refractivity contribution in [3.63, 3.8) is 0 Å². The van der Waals surface area contributed by atoms with Crippen molar-refractivity contribution in [2.24, 2.45) is 5.84 Å². The molecule has 3 aromatic rings. The Labute approximate surface area is 207 Å². The van der Waals surface area contributed by atoms with Crippen LogP contribution < -0.4 is 10.6 Å². The number of aryl methyl sites for hydroxylation is 1. The Balaban J connectivity index is 0.00000160. The van der Waals surface area contributed by atoms with E-state index in [-0.39, 0.29) is 42.8 Å². The van der Waals surface area contributed by atoms with Crippen LogP contribution in [0.3, 0.4) is 0 Å². The van der Waals surface area contributed by atoms with Crippen LogP contribution in [-0.2, 0) is 12.0 Å². The van der Waals surface area contributed by atoms with E-state index in [0.29, 0.717) is 0 Å². The molecule has 1 atom stereocenters. The summed E-state index contributed by atoms with van der Waals surface area (Å²) < 4.78 is 5.72. The Morgan fingerprint density at radius 3 is 2.45 bits per heavy atom. The highest BCUT2D eigenvalue weighted by Gasteiger charge is 2.39. The quantitative estimate of drug-likeness (QED) is 0.423. The topological polar surface area (TPSA) is 51.4 Å². The predicted molar refractivity (Wildman–Crippen MR) is 137 cm³/mol. The Hall–Kier alpha value is -1.34. The number of halogens is 3. The molecule has 1 aliphatic heterocycles. The fourth-order valence-corrected chi connectivity index (χ4v) is 5.05. The van der Waals surface area contributed by atoms with Gasteiger partial charge in [0.1, 0.15) is 10.8 Å². The van der Waals surface area contributed by atoms with Gasteiger partial charge in [-0.3, -0.25) is 5.84 Å². The Bertz CT molecular complexity index is 954. The van der Waals surface area contributed by atoms with Crippen molar-refractivity contribution < 1.29 is 4.74 Å². The van der Waals surface area contributed by atoms with E-state index in [4.69, 9.17) is 10.6 Å². The number of ether oxygens (including phenoxy) is 1. The second kappa shape index (κ2) is 12.0. The Morgan fingerprint density at radius 2 is 1.84 bits per heavy atom. The molecule has 170 valence electrons. The monoisotopic (exact) mass is 501 g/mol. The smallest absolute Gasteiger partial charge is 0.123 e.